The van der Waals surface area contributed by atoms with Crippen molar-refractivity contribution >= 4 is 23.4 Å². The molecule has 0 atom stereocenters. The summed E-state index contributed by atoms with van der Waals surface area (Å²) in [7, 11) is 0. The van der Waals surface area contributed by atoms with Crippen LogP contribution in [0.5, 0.6) is 5.75 Å². The minimum absolute atomic E-state index is 0.0838. The van der Waals surface area contributed by atoms with Crippen molar-refractivity contribution in [3.63, 3.8) is 0 Å². The monoisotopic (exact) mass is 397 g/mol. The standard InChI is InChI=1S/C22H27N3O4/c1-5-22(3,4)17-8-12-19(13-9-17)29-14-20(27)24-25-21(28)16-6-10-18(11-7-16)23-15(2)26/h6-13H,5,14H2,1-4H3,(H,23,26)(H,24,27)(H,25,28). The number of hydrazine groups is 1. The average Bonchev–Trinajstić information content (AvgIpc) is 2.71. The molecule has 0 spiro atoms. The first-order valence-corrected chi connectivity index (χ1v) is 9.41. The third kappa shape index (κ3) is 6.64. The maximum atomic E-state index is 12.1. The van der Waals surface area contributed by atoms with Gasteiger partial charge in [-0.05, 0) is 53.8 Å². The van der Waals surface area contributed by atoms with Gasteiger partial charge in [-0.2, -0.15) is 0 Å². The van der Waals surface area contributed by atoms with Crippen LogP contribution >= 0.6 is 0 Å². The van der Waals surface area contributed by atoms with E-state index in [2.05, 4.69) is 36.9 Å². The van der Waals surface area contributed by atoms with Gasteiger partial charge in [0.05, 0.1) is 0 Å². The Morgan fingerprint density at radius 1 is 0.931 bits per heavy atom. The van der Waals surface area contributed by atoms with Crippen molar-refractivity contribution in [3.05, 3.63) is 59.7 Å². The molecule has 3 amide bonds. The van der Waals surface area contributed by atoms with E-state index in [1.807, 2.05) is 24.3 Å². The number of amides is 3. The van der Waals surface area contributed by atoms with Gasteiger partial charge in [-0.1, -0.05) is 32.9 Å². The molecule has 3 N–H and O–H groups in total. The minimum atomic E-state index is -0.480. The number of rotatable bonds is 7. The van der Waals surface area contributed by atoms with Crippen LogP contribution in [0.15, 0.2) is 48.5 Å². The fraction of sp³-hybridized carbons (Fsp3) is 0.318. The first kappa shape index (κ1) is 21.9. The molecular weight excluding hydrogens is 370 g/mol. The zero-order valence-corrected chi connectivity index (χ0v) is 17.2. The Morgan fingerprint density at radius 3 is 2.10 bits per heavy atom. The first-order chi connectivity index (χ1) is 13.7. The van der Waals surface area contributed by atoms with Crippen LogP contribution in [-0.4, -0.2) is 24.3 Å². The van der Waals surface area contributed by atoms with Crippen molar-refractivity contribution in [3.8, 4) is 5.75 Å². The van der Waals surface area contributed by atoms with Crippen molar-refractivity contribution < 1.29 is 19.1 Å². The van der Waals surface area contributed by atoms with E-state index in [9.17, 15) is 14.4 Å². The highest BCUT2D eigenvalue weighted by atomic mass is 16.5. The summed E-state index contributed by atoms with van der Waals surface area (Å²) in [6, 6.07) is 13.9. The molecule has 2 aromatic rings. The lowest BCUT2D eigenvalue weighted by Crippen LogP contribution is -2.43. The van der Waals surface area contributed by atoms with E-state index >= 15 is 0 Å². The second kappa shape index (κ2) is 9.73. The zero-order chi connectivity index (χ0) is 21.4. The maximum Gasteiger partial charge on any atom is 0.276 e. The van der Waals surface area contributed by atoms with E-state index < -0.39 is 11.8 Å². The highest BCUT2D eigenvalue weighted by molar-refractivity contribution is 5.96. The van der Waals surface area contributed by atoms with Crippen LogP contribution in [0.1, 0.15) is 50.0 Å². The third-order valence-electron chi connectivity index (χ3n) is 4.67. The van der Waals surface area contributed by atoms with Crippen LogP contribution in [0.4, 0.5) is 5.69 Å². The molecule has 0 aliphatic rings. The van der Waals surface area contributed by atoms with Crippen molar-refractivity contribution in [2.24, 2.45) is 0 Å². The second-order valence-corrected chi connectivity index (χ2v) is 7.31. The van der Waals surface area contributed by atoms with Gasteiger partial charge in [0.15, 0.2) is 6.61 Å². The molecule has 2 rings (SSSR count). The van der Waals surface area contributed by atoms with Gasteiger partial charge < -0.3 is 10.1 Å². The summed E-state index contributed by atoms with van der Waals surface area (Å²) in [4.78, 5) is 35.0. The molecule has 0 aliphatic heterocycles. The summed E-state index contributed by atoms with van der Waals surface area (Å²) in [5.74, 6) is -0.570. The fourth-order valence-electron chi connectivity index (χ4n) is 2.50. The fourth-order valence-corrected chi connectivity index (χ4v) is 2.50. The second-order valence-electron chi connectivity index (χ2n) is 7.31. The number of nitrogens with one attached hydrogen (secondary N) is 3. The lowest BCUT2D eigenvalue weighted by Gasteiger charge is -2.23. The maximum absolute atomic E-state index is 12.1. The summed E-state index contributed by atoms with van der Waals surface area (Å²) in [5.41, 5.74) is 6.85. The molecule has 29 heavy (non-hydrogen) atoms. The topological polar surface area (TPSA) is 96.5 Å². The number of hydrogen-bond acceptors (Lipinski definition) is 4. The number of carbonyl (C=O) groups excluding carboxylic acids is 3. The molecule has 7 nitrogen and oxygen atoms in total. The van der Waals surface area contributed by atoms with E-state index in [1.54, 1.807) is 24.3 Å². The van der Waals surface area contributed by atoms with Gasteiger partial charge in [0.25, 0.3) is 11.8 Å². The molecule has 0 aromatic heterocycles. The number of ether oxygens (including phenoxy) is 1. The van der Waals surface area contributed by atoms with Gasteiger partial charge in [0.2, 0.25) is 5.91 Å². The van der Waals surface area contributed by atoms with Crippen molar-refractivity contribution in [1.82, 2.24) is 10.9 Å². The van der Waals surface area contributed by atoms with Gasteiger partial charge in [0, 0.05) is 18.2 Å². The highest BCUT2D eigenvalue weighted by Gasteiger charge is 2.17. The third-order valence-corrected chi connectivity index (χ3v) is 4.67. The minimum Gasteiger partial charge on any atom is -0.484 e. The molecule has 0 heterocycles. The summed E-state index contributed by atoms with van der Waals surface area (Å²) in [5, 5.41) is 2.61. The Hall–Kier alpha value is -3.35. The molecular formula is C22H27N3O4. The smallest absolute Gasteiger partial charge is 0.276 e. The van der Waals surface area contributed by atoms with Crippen molar-refractivity contribution in [2.45, 2.75) is 39.5 Å². The van der Waals surface area contributed by atoms with Crippen molar-refractivity contribution in [2.75, 3.05) is 11.9 Å². The van der Waals surface area contributed by atoms with E-state index in [-0.39, 0.29) is 17.9 Å². The van der Waals surface area contributed by atoms with E-state index in [0.29, 0.717) is 17.0 Å². The summed E-state index contributed by atoms with van der Waals surface area (Å²) >= 11 is 0. The Bertz CT molecular complexity index is 859. The zero-order valence-electron chi connectivity index (χ0n) is 17.2. The SMILES string of the molecule is CCC(C)(C)c1ccc(OCC(=O)NNC(=O)c2ccc(NC(C)=O)cc2)cc1. The molecule has 0 bridgehead atoms. The molecule has 0 aliphatic carbocycles. The number of benzene rings is 2. The molecule has 7 heteroatoms. The van der Waals surface area contributed by atoms with Crippen molar-refractivity contribution in [1.29, 1.82) is 0 Å². The summed E-state index contributed by atoms with van der Waals surface area (Å²) < 4.78 is 5.46. The Kier molecular flexibility index (Phi) is 7.36. The van der Waals surface area contributed by atoms with Gasteiger partial charge >= 0.3 is 0 Å². The molecule has 2 aromatic carbocycles. The Labute approximate surface area is 170 Å². The molecule has 0 unspecified atom stereocenters. The predicted octanol–water partition coefficient (Wildman–Crippen LogP) is 3.17. The largest absolute Gasteiger partial charge is 0.484 e. The summed E-state index contributed by atoms with van der Waals surface area (Å²) in [6.07, 6.45) is 1.02. The van der Waals surface area contributed by atoms with Gasteiger partial charge in [0.1, 0.15) is 5.75 Å². The van der Waals surface area contributed by atoms with Crippen LogP contribution in [0.25, 0.3) is 0 Å². The summed E-state index contributed by atoms with van der Waals surface area (Å²) in [6.45, 7) is 7.66. The van der Waals surface area contributed by atoms with Crippen LogP contribution in [-0.2, 0) is 15.0 Å². The van der Waals surface area contributed by atoms with Gasteiger partial charge in [-0.25, -0.2) is 0 Å². The van der Waals surface area contributed by atoms with E-state index in [0.717, 1.165) is 6.42 Å². The quantitative estimate of drug-likeness (QED) is 0.625. The van der Waals surface area contributed by atoms with Crippen LogP contribution < -0.4 is 20.9 Å². The molecule has 0 saturated heterocycles. The van der Waals surface area contributed by atoms with Gasteiger partial charge in [-0.15, -0.1) is 0 Å². The Morgan fingerprint density at radius 2 is 1.55 bits per heavy atom. The average molecular weight is 397 g/mol. The van der Waals surface area contributed by atoms with Crippen LogP contribution in [0.2, 0.25) is 0 Å². The Balaban J connectivity index is 1.79. The lowest BCUT2D eigenvalue weighted by atomic mass is 9.82. The molecule has 0 radical (unpaired) electrons. The molecule has 0 fully saturated rings. The number of hydrogen-bond donors (Lipinski definition) is 3. The predicted molar refractivity (Wildman–Crippen MR) is 112 cm³/mol. The molecule has 154 valence electrons. The molecule has 0 saturated carbocycles. The highest BCUT2D eigenvalue weighted by Crippen LogP contribution is 2.27. The number of anilines is 1. The van der Waals surface area contributed by atoms with Gasteiger partial charge in [-0.3, -0.25) is 25.2 Å². The first-order valence-electron chi connectivity index (χ1n) is 9.41. The van der Waals surface area contributed by atoms with E-state index in [4.69, 9.17) is 4.74 Å². The lowest BCUT2D eigenvalue weighted by molar-refractivity contribution is -0.123. The van der Waals surface area contributed by atoms with E-state index in [1.165, 1.54) is 12.5 Å². The van der Waals surface area contributed by atoms with Crippen LogP contribution in [0.3, 0.4) is 0 Å². The number of carbonyl (C=O) groups is 3. The van der Waals surface area contributed by atoms with Crippen LogP contribution in [0, 0.1) is 0 Å². The normalized spacial score (nSPS) is 10.8.